The summed E-state index contributed by atoms with van der Waals surface area (Å²) >= 11 is 0. The van der Waals surface area contributed by atoms with Crippen molar-refractivity contribution in [2.24, 2.45) is 5.16 Å². The Kier molecular flexibility index (Phi) is 5.13. The molecule has 0 bridgehead atoms. The molecule has 1 unspecified atom stereocenters. The highest BCUT2D eigenvalue weighted by atomic mass is 19.4. The lowest BCUT2D eigenvalue weighted by atomic mass is 10.00. The molecule has 3 aromatic rings. The maximum Gasteiger partial charge on any atom is 0.458 e. The molecule has 0 spiro atoms. The van der Waals surface area contributed by atoms with Crippen LogP contribution in [0.2, 0.25) is 0 Å². The molecule has 0 saturated carbocycles. The number of rotatable bonds is 5. The summed E-state index contributed by atoms with van der Waals surface area (Å²) in [4.78, 5) is 12.6. The van der Waals surface area contributed by atoms with E-state index in [2.05, 4.69) is 20.0 Å². The maximum absolute atomic E-state index is 12.8. The molecule has 154 valence electrons. The molecule has 2 aromatic carbocycles. The fraction of sp³-hybridized carbons (Fsp3) is 0.190. The number of aromatic nitrogens is 2. The highest BCUT2D eigenvalue weighted by Gasteiger charge is 2.60. The van der Waals surface area contributed by atoms with E-state index in [4.69, 9.17) is 4.74 Å². The molecule has 1 aliphatic rings. The van der Waals surface area contributed by atoms with Crippen molar-refractivity contribution in [1.29, 1.82) is 0 Å². The Balaban J connectivity index is 1.41. The Bertz CT molecular complexity index is 1040. The van der Waals surface area contributed by atoms with Gasteiger partial charge in [-0.25, -0.2) is 9.97 Å². The topological polar surface area (TPSA) is 76.8 Å². The second kappa shape index (κ2) is 7.75. The molecule has 0 aliphatic carbocycles. The number of hydrogen-bond donors (Lipinski definition) is 1. The largest absolute Gasteiger partial charge is 0.459 e. The molecular weight excluding hydrogens is 399 g/mol. The highest BCUT2D eigenvalue weighted by Crippen LogP contribution is 2.39. The molecule has 1 atom stereocenters. The lowest BCUT2D eigenvalue weighted by Crippen LogP contribution is -2.45. The quantitative estimate of drug-likeness (QED) is 0.679. The Morgan fingerprint density at radius 1 is 0.933 bits per heavy atom. The second-order valence-corrected chi connectivity index (χ2v) is 6.69. The van der Waals surface area contributed by atoms with E-state index in [9.17, 15) is 18.3 Å². The van der Waals surface area contributed by atoms with Gasteiger partial charge in [0.1, 0.15) is 6.61 Å². The van der Waals surface area contributed by atoms with Gasteiger partial charge >= 0.3 is 18.0 Å². The van der Waals surface area contributed by atoms with Crippen LogP contribution in [0, 0.1) is 0 Å². The van der Waals surface area contributed by atoms with E-state index in [0.29, 0.717) is 17.7 Å². The molecule has 0 fully saturated rings. The summed E-state index contributed by atoms with van der Waals surface area (Å²) in [6.07, 6.45) is -2.51. The molecule has 0 amide bonds. The van der Waals surface area contributed by atoms with Crippen LogP contribution in [0.5, 0.6) is 6.01 Å². The summed E-state index contributed by atoms with van der Waals surface area (Å²) in [5.41, 5.74) is 2.91. The molecule has 30 heavy (non-hydrogen) atoms. The fourth-order valence-corrected chi connectivity index (χ4v) is 2.85. The zero-order chi connectivity index (χ0) is 21.2. The summed E-state index contributed by atoms with van der Waals surface area (Å²) in [5.74, 6) is -3.29. The van der Waals surface area contributed by atoms with Gasteiger partial charge in [0.2, 0.25) is 0 Å². The molecule has 0 saturated heterocycles. The van der Waals surface area contributed by atoms with Crippen molar-refractivity contribution >= 4 is 5.71 Å². The molecule has 0 radical (unpaired) electrons. The van der Waals surface area contributed by atoms with E-state index in [1.54, 1.807) is 36.7 Å². The van der Waals surface area contributed by atoms with Gasteiger partial charge in [-0.1, -0.05) is 59.8 Å². The third kappa shape index (κ3) is 4.11. The molecule has 4 rings (SSSR count). The van der Waals surface area contributed by atoms with E-state index in [1.807, 2.05) is 30.3 Å². The number of halogens is 3. The summed E-state index contributed by atoms with van der Waals surface area (Å²) in [6.45, 7) is 0.351. The van der Waals surface area contributed by atoms with Crippen LogP contribution >= 0.6 is 0 Å². The zero-order valence-corrected chi connectivity index (χ0v) is 15.5. The summed E-state index contributed by atoms with van der Waals surface area (Å²) in [5, 5.41) is 12.9. The summed E-state index contributed by atoms with van der Waals surface area (Å²) in [7, 11) is 0. The average molecular weight is 415 g/mol. The Morgan fingerprint density at radius 2 is 1.57 bits per heavy atom. The van der Waals surface area contributed by atoms with Gasteiger partial charge < -0.3 is 14.7 Å². The van der Waals surface area contributed by atoms with E-state index >= 15 is 0 Å². The van der Waals surface area contributed by atoms with Crippen molar-refractivity contribution < 1.29 is 27.9 Å². The third-order valence-electron chi connectivity index (χ3n) is 4.55. The van der Waals surface area contributed by atoms with Gasteiger partial charge in [0, 0.05) is 18.0 Å². The smallest absolute Gasteiger partial charge is 0.458 e. The number of hydrogen-bond acceptors (Lipinski definition) is 6. The number of alkyl halides is 3. The van der Waals surface area contributed by atoms with Crippen LogP contribution in [0.25, 0.3) is 11.1 Å². The van der Waals surface area contributed by atoms with Crippen LogP contribution < -0.4 is 4.74 Å². The van der Waals surface area contributed by atoms with Crippen LogP contribution in [0.3, 0.4) is 0 Å². The molecule has 1 aromatic heterocycles. The first-order chi connectivity index (χ1) is 14.3. The van der Waals surface area contributed by atoms with E-state index in [1.165, 1.54) is 0 Å². The predicted molar refractivity (Wildman–Crippen MR) is 101 cm³/mol. The normalized spacial score (nSPS) is 18.6. The predicted octanol–water partition coefficient (Wildman–Crippen LogP) is 4.10. The highest BCUT2D eigenvalue weighted by molar-refractivity contribution is 6.01. The van der Waals surface area contributed by atoms with Crippen molar-refractivity contribution in [1.82, 2.24) is 9.97 Å². The first-order valence-corrected chi connectivity index (χ1v) is 8.98. The first-order valence-electron chi connectivity index (χ1n) is 8.98. The zero-order valence-electron chi connectivity index (χ0n) is 15.5. The minimum absolute atomic E-state index is 0.0160. The lowest BCUT2D eigenvalue weighted by molar-refractivity contribution is -0.355. The van der Waals surface area contributed by atoms with Gasteiger partial charge in [0.15, 0.2) is 0 Å². The second-order valence-electron chi connectivity index (χ2n) is 6.69. The number of oxime groups is 1. The minimum Gasteiger partial charge on any atom is -0.459 e. The van der Waals surface area contributed by atoms with Crippen molar-refractivity contribution in [2.45, 2.75) is 25.0 Å². The third-order valence-corrected chi connectivity index (χ3v) is 4.55. The van der Waals surface area contributed by atoms with E-state index in [-0.39, 0.29) is 11.7 Å². The molecule has 9 heteroatoms. The van der Waals surface area contributed by atoms with Crippen molar-refractivity contribution in [3.8, 4) is 17.1 Å². The van der Waals surface area contributed by atoms with Crippen molar-refractivity contribution in [3.63, 3.8) is 0 Å². The fourth-order valence-electron chi connectivity index (χ4n) is 2.85. The molecule has 6 nitrogen and oxygen atoms in total. The van der Waals surface area contributed by atoms with Gasteiger partial charge in [-0.05, 0) is 16.7 Å². The number of nitrogens with zero attached hydrogens (tertiary/aromatic N) is 3. The van der Waals surface area contributed by atoms with Crippen molar-refractivity contribution in [2.75, 3.05) is 0 Å². The molecule has 1 N–H and O–H groups in total. The van der Waals surface area contributed by atoms with Gasteiger partial charge in [-0.3, -0.25) is 0 Å². The van der Waals surface area contributed by atoms with Crippen LogP contribution in [-0.2, 0) is 11.4 Å². The maximum atomic E-state index is 12.8. The Labute approximate surface area is 169 Å². The standard InChI is InChI=1S/C21H16F3N3O3/c22-21(23,24)20(28)10-18(27-30-20)16-8-6-15(7-9-16)17-11-25-19(26-12-17)29-13-14-4-2-1-3-5-14/h1-9,11-12,28H,10,13H2. The number of ether oxygens (including phenoxy) is 1. The van der Waals surface area contributed by atoms with Crippen LogP contribution in [-0.4, -0.2) is 32.7 Å². The monoisotopic (exact) mass is 415 g/mol. The Hall–Kier alpha value is -3.46. The van der Waals surface area contributed by atoms with Crippen LogP contribution in [0.15, 0.2) is 72.1 Å². The average Bonchev–Trinajstić information content (AvgIpc) is 3.17. The number of benzene rings is 2. The molecule has 1 aliphatic heterocycles. The Morgan fingerprint density at radius 3 is 2.17 bits per heavy atom. The van der Waals surface area contributed by atoms with E-state index < -0.39 is 18.4 Å². The van der Waals surface area contributed by atoms with Crippen LogP contribution in [0.4, 0.5) is 13.2 Å². The minimum atomic E-state index is -4.93. The first kappa shape index (κ1) is 19.8. The summed E-state index contributed by atoms with van der Waals surface area (Å²) in [6, 6.07) is 16.5. The SMILES string of the molecule is OC1(C(F)(F)F)CC(c2ccc(-c3cnc(OCc4ccccc4)nc3)cc2)=NO1. The van der Waals surface area contributed by atoms with Gasteiger partial charge in [-0.15, -0.1) is 0 Å². The van der Waals surface area contributed by atoms with E-state index in [0.717, 1.165) is 11.1 Å². The molecular formula is C21H16F3N3O3. The van der Waals surface area contributed by atoms with Gasteiger partial charge in [0.05, 0.1) is 12.1 Å². The van der Waals surface area contributed by atoms with Crippen molar-refractivity contribution in [3.05, 3.63) is 78.1 Å². The van der Waals surface area contributed by atoms with Gasteiger partial charge in [-0.2, -0.15) is 13.2 Å². The van der Waals surface area contributed by atoms with Gasteiger partial charge in [0.25, 0.3) is 0 Å². The molecule has 2 heterocycles. The van der Waals surface area contributed by atoms with Crippen LogP contribution in [0.1, 0.15) is 17.5 Å². The number of aliphatic hydroxyl groups is 1. The summed E-state index contributed by atoms with van der Waals surface area (Å²) < 4.78 is 44.0. The lowest BCUT2D eigenvalue weighted by Gasteiger charge is -2.22.